The first-order chi connectivity index (χ1) is 12.3. The van der Waals surface area contributed by atoms with Gasteiger partial charge < -0.3 is 9.64 Å². The largest absolute Gasteiger partial charge is 0.448 e. The lowest BCUT2D eigenvalue weighted by Gasteiger charge is -2.39. The molecular weight excluding hydrogens is 326 g/mol. The molecule has 4 heteroatoms. The molecule has 1 heterocycles. The Morgan fingerprint density at radius 3 is 2.38 bits per heavy atom. The van der Waals surface area contributed by atoms with Gasteiger partial charge in [0.1, 0.15) is 0 Å². The van der Waals surface area contributed by atoms with Gasteiger partial charge in [-0.25, -0.2) is 0 Å². The molecule has 26 heavy (non-hydrogen) atoms. The van der Waals surface area contributed by atoms with E-state index in [9.17, 15) is 9.59 Å². The Labute approximate surface area is 154 Å². The predicted molar refractivity (Wildman–Crippen MR) is 102 cm³/mol. The van der Waals surface area contributed by atoms with Crippen LogP contribution < -0.4 is 4.90 Å². The van der Waals surface area contributed by atoms with Crippen molar-refractivity contribution >= 4 is 28.3 Å². The summed E-state index contributed by atoms with van der Waals surface area (Å²) in [6.07, 6.45) is 1.28. The van der Waals surface area contributed by atoms with E-state index in [1.807, 2.05) is 70.2 Å². The van der Waals surface area contributed by atoms with Gasteiger partial charge in [-0.1, -0.05) is 50.2 Å². The van der Waals surface area contributed by atoms with E-state index >= 15 is 0 Å². The zero-order valence-electron chi connectivity index (χ0n) is 15.8. The monoisotopic (exact) mass is 351 g/mol. The fraction of sp³-hybridized carbons (Fsp3) is 0.455. The van der Waals surface area contributed by atoms with Crippen LogP contribution in [0.4, 0.5) is 5.69 Å². The highest BCUT2D eigenvalue weighted by molar-refractivity contribution is 6.09. The molecule has 1 saturated carbocycles. The summed E-state index contributed by atoms with van der Waals surface area (Å²) in [6.45, 7) is 8.43. The van der Waals surface area contributed by atoms with Gasteiger partial charge in [-0.3, -0.25) is 9.59 Å². The molecule has 2 atom stereocenters. The number of carbonyl (C=O) groups is 2. The van der Waals surface area contributed by atoms with Crippen LogP contribution in [0.3, 0.4) is 0 Å². The quantitative estimate of drug-likeness (QED) is 0.774. The van der Waals surface area contributed by atoms with Crippen LogP contribution in [0.25, 0.3) is 10.8 Å². The molecule has 136 valence electrons. The highest BCUT2D eigenvalue weighted by atomic mass is 16.6. The molecule has 4 nitrogen and oxygen atoms in total. The number of ether oxygens (including phenoxy) is 1. The summed E-state index contributed by atoms with van der Waals surface area (Å²) in [5.41, 5.74) is -1.34. The molecule has 1 aliphatic carbocycles. The standard InChI is InChI=1S/C22H25NO3/c1-5-23(17-12-8-10-15-9-6-7-11-16(15)17)18(24)22-14-13-21(4,19(25)26-22)20(22,2)3/h6-12H,5,13-14H2,1-4H3/t21-,22-/m1/s1. The Morgan fingerprint density at radius 2 is 1.77 bits per heavy atom. The maximum Gasteiger partial charge on any atom is 0.313 e. The Kier molecular flexibility index (Phi) is 3.49. The number of likely N-dealkylation sites (N-methyl/N-ethyl adjacent to an activating group) is 1. The van der Waals surface area contributed by atoms with Gasteiger partial charge in [-0.05, 0) is 38.1 Å². The van der Waals surface area contributed by atoms with Crippen LogP contribution in [-0.2, 0) is 14.3 Å². The Morgan fingerprint density at radius 1 is 1.08 bits per heavy atom. The summed E-state index contributed by atoms with van der Waals surface area (Å²) in [7, 11) is 0. The van der Waals surface area contributed by atoms with Gasteiger partial charge in [0, 0.05) is 17.3 Å². The number of benzene rings is 2. The van der Waals surface area contributed by atoms with Crippen molar-refractivity contribution in [3.8, 4) is 0 Å². The lowest BCUT2D eigenvalue weighted by molar-refractivity contribution is -0.167. The van der Waals surface area contributed by atoms with E-state index in [-0.39, 0.29) is 11.9 Å². The van der Waals surface area contributed by atoms with Crippen molar-refractivity contribution in [2.75, 3.05) is 11.4 Å². The van der Waals surface area contributed by atoms with Crippen LogP contribution >= 0.6 is 0 Å². The van der Waals surface area contributed by atoms with Crippen LogP contribution in [0.15, 0.2) is 42.5 Å². The number of hydrogen-bond donors (Lipinski definition) is 0. The van der Waals surface area contributed by atoms with E-state index in [2.05, 4.69) is 0 Å². The molecule has 2 bridgehead atoms. The predicted octanol–water partition coefficient (Wildman–Crippen LogP) is 4.31. The molecule has 0 N–H and O–H groups in total. The van der Waals surface area contributed by atoms with E-state index in [0.717, 1.165) is 16.5 Å². The van der Waals surface area contributed by atoms with Crippen molar-refractivity contribution < 1.29 is 14.3 Å². The molecule has 2 fully saturated rings. The average Bonchev–Trinajstić information content (AvgIpc) is 2.93. The van der Waals surface area contributed by atoms with Crippen LogP contribution in [0.5, 0.6) is 0 Å². The number of fused-ring (bicyclic) bond motifs is 3. The summed E-state index contributed by atoms with van der Waals surface area (Å²) in [5, 5.41) is 2.12. The summed E-state index contributed by atoms with van der Waals surface area (Å²) in [6, 6.07) is 14.0. The van der Waals surface area contributed by atoms with Crippen LogP contribution in [0.1, 0.15) is 40.5 Å². The highest BCUT2D eigenvalue weighted by Gasteiger charge is 2.76. The van der Waals surface area contributed by atoms with E-state index in [0.29, 0.717) is 19.4 Å². The number of anilines is 1. The number of amides is 1. The first-order valence-electron chi connectivity index (χ1n) is 9.32. The van der Waals surface area contributed by atoms with E-state index in [4.69, 9.17) is 4.74 Å². The third-order valence-electron chi connectivity index (χ3n) is 7.05. The fourth-order valence-corrected chi connectivity index (χ4v) is 4.81. The third kappa shape index (κ3) is 1.85. The van der Waals surface area contributed by atoms with Crippen LogP contribution in [0.2, 0.25) is 0 Å². The van der Waals surface area contributed by atoms with E-state index in [1.165, 1.54) is 0 Å². The summed E-state index contributed by atoms with van der Waals surface area (Å²) in [4.78, 5) is 28.1. The zero-order chi connectivity index (χ0) is 18.7. The average molecular weight is 351 g/mol. The molecule has 2 aromatic carbocycles. The Bertz CT molecular complexity index is 913. The van der Waals surface area contributed by atoms with Crippen LogP contribution in [0, 0.1) is 10.8 Å². The maximum atomic E-state index is 13.8. The molecule has 2 aromatic rings. The minimum absolute atomic E-state index is 0.101. The normalized spacial score (nSPS) is 29.0. The van der Waals surface area contributed by atoms with Gasteiger partial charge in [0.05, 0.1) is 11.1 Å². The van der Waals surface area contributed by atoms with Gasteiger partial charge in [-0.2, -0.15) is 0 Å². The van der Waals surface area contributed by atoms with Gasteiger partial charge in [0.25, 0.3) is 5.91 Å². The van der Waals surface area contributed by atoms with Crippen LogP contribution in [-0.4, -0.2) is 24.0 Å². The van der Waals surface area contributed by atoms with Crippen molar-refractivity contribution in [1.82, 2.24) is 0 Å². The molecular formula is C22H25NO3. The molecule has 1 amide bonds. The molecule has 0 unspecified atom stereocenters. The van der Waals surface area contributed by atoms with E-state index in [1.54, 1.807) is 4.90 Å². The van der Waals surface area contributed by atoms with Crippen molar-refractivity contribution in [2.45, 2.75) is 46.1 Å². The number of nitrogens with zero attached hydrogens (tertiary/aromatic N) is 1. The summed E-state index contributed by atoms with van der Waals surface area (Å²) < 4.78 is 5.81. The molecule has 1 saturated heterocycles. The minimum Gasteiger partial charge on any atom is -0.448 e. The van der Waals surface area contributed by atoms with Crippen molar-refractivity contribution in [3.63, 3.8) is 0 Å². The summed E-state index contributed by atoms with van der Waals surface area (Å²) in [5.74, 6) is -0.341. The molecule has 4 rings (SSSR count). The second-order valence-corrected chi connectivity index (χ2v) is 8.22. The number of carbonyl (C=O) groups excluding carboxylic acids is 2. The minimum atomic E-state index is -1.08. The van der Waals surface area contributed by atoms with Crippen molar-refractivity contribution in [3.05, 3.63) is 42.5 Å². The van der Waals surface area contributed by atoms with Gasteiger partial charge in [0.2, 0.25) is 0 Å². The fourth-order valence-electron chi connectivity index (χ4n) is 4.81. The lowest BCUT2D eigenvalue weighted by Crippen LogP contribution is -2.55. The van der Waals surface area contributed by atoms with Gasteiger partial charge in [0.15, 0.2) is 5.60 Å². The van der Waals surface area contributed by atoms with E-state index < -0.39 is 16.4 Å². The molecule has 0 aromatic heterocycles. The smallest absolute Gasteiger partial charge is 0.313 e. The second kappa shape index (κ2) is 5.32. The van der Waals surface area contributed by atoms with Gasteiger partial charge in [-0.15, -0.1) is 0 Å². The summed E-state index contributed by atoms with van der Waals surface area (Å²) >= 11 is 0. The van der Waals surface area contributed by atoms with Gasteiger partial charge >= 0.3 is 5.97 Å². The molecule has 1 aliphatic heterocycles. The highest BCUT2D eigenvalue weighted by Crippen LogP contribution is 2.66. The third-order valence-corrected chi connectivity index (χ3v) is 7.05. The lowest BCUT2D eigenvalue weighted by atomic mass is 9.66. The van der Waals surface area contributed by atoms with Crippen molar-refractivity contribution in [1.29, 1.82) is 0 Å². The van der Waals surface area contributed by atoms with Crippen molar-refractivity contribution in [2.24, 2.45) is 10.8 Å². The topological polar surface area (TPSA) is 46.6 Å². The number of esters is 1. The molecule has 0 spiro atoms. The number of hydrogen-bond acceptors (Lipinski definition) is 3. The maximum absolute atomic E-state index is 13.8. The molecule has 2 aliphatic rings. The SMILES string of the molecule is CCN(C(=O)[C@@]12CC[C@](C)(C(=O)O1)C2(C)C)c1cccc2ccccc12. The molecule has 0 radical (unpaired) electrons. The Balaban J connectivity index is 1.83. The second-order valence-electron chi connectivity index (χ2n) is 8.22. The first kappa shape index (κ1) is 17.1. The number of rotatable bonds is 3. The Hall–Kier alpha value is -2.36. The first-order valence-corrected chi connectivity index (χ1v) is 9.32. The zero-order valence-corrected chi connectivity index (χ0v) is 15.8.